The maximum Gasteiger partial charge on any atom is 0.191 e. The molecule has 0 aliphatic carbocycles. The predicted octanol–water partition coefficient (Wildman–Crippen LogP) is 3.15. The second-order valence-corrected chi connectivity index (χ2v) is 6.87. The van der Waals surface area contributed by atoms with Crippen molar-refractivity contribution in [1.82, 2.24) is 15.6 Å². The third-order valence-electron chi connectivity index (χ3n) is 3.67. The van der Waals surface area contributed by atoms with Crippen molar-refractivity contribution in [1.29, 1.82) is 0 Å². The third-order valence-corrected chi connectivity index (χ3v) is 3.67. The minimum atomic E-state index is -0.000944. The zero-order valence-corrected chi connectivity index (χ0v) is 17.1. The van der Waals surface area contributed by atoms with E-state index in [4.69, 9.17) is 0 Å². The lowest BCUT2D eigenvalue weighted by Crippen LogP contribution is -2.47. The number of rotatable bonds is 3. The Morgan fingerprint density at radius 2 is 1.96 bits per heavy atom. The highest BCUT2D eigenvalue weighted by Crippen LogP contribution is 2.18. The van der Waals surface area contributed by atoms with Gasteiger partial charge in [-0.1, -0.05) is 0 Å². The van der Waals surface area contributed by atoms with Crippen LogP contribution in [-0.4, -0.2) is 36.6 Å². The van der Waals surface area contributed by atoms with Crippen LogP contribution in [0.4, 0.5) is 5.82 Å². The van der Waals surface area contributed by atoms with Crippen molar-refractivity contribution in [2.24, 2.45) is 4.99 Å². The molecule has 0 spiro atoms. The summed E-state index contributed by atoms with van der Waals surface area (Å²) < 4.78 is 0. The first-order valence-corrected chi connectivity index (χ1v) is 8.17. The van der Waals surface area contributed by atoms with Gasteiger partial charge in [-0.25, -0.2) is 4.98 Å². The lowest BCUT2D eigenvalue weighted by atomic mass is 10.1. The fourth-order valence-electron chi connectivity index (χ4n) is 2.59. The molecular weight excluding hydrogens is 401 g/mol. The molecular formula is C17H30IN5. The normalized spacial score (nSPS) is 15.8. The predicted molar refractivity (Wildman–Crippen MR) is 109 cm³/mol. The van der Waals surface area contributed by atoms with Crippen LogP contribution in [0.1, 0.15) is 45.6 Å². The standard InChI is InChI=1S/C17H29N5.HI/c1-17(2,3)21-16(18-4)20-13-14-8-9-19-15(12-14)22-10-6-5-7-11-22;/h8-9,12H,5-7,10-11,13H2,1-4H3,(H2,18,20,21);1H. The second-order valence-electron chi connectivity index (χ2n) is 6.87. The Labute approximate surface area is 157 Å². The van der Waals surface area contributed by atoms with Gasteiger partial charge >= 0.3 is 0 Å². The molecule has 2 rings (SSSR count). The monoisotopic (exact) mass is 431 g/mol. The van der Waals surface area contributed by atoms with Gasteiger partial charge in [0.15, 0.2) is 5.96 Å². The third kappa shape index (κ3) is 6.93. The van der Waals surface area contributed by atoms with Crippen LogP contribution >= 0.6 is 24.0 Å². The highest BCUT2D eigenvalue weighted by atomic mass is 127. The second kappa shape index (κ2) is 9.30. The summed E-state index contributed by atoms with van der Waals surface area (Å²) in [5.74, 6) is 1.92. The van der Waals surface area contributed by atoms with Crippen molar-refractivity contribution >= 4 is 35.8 Å². The van der Waals surface area contributed by atoms with Gasteiger partial charge in [0, 0.05) is 38.4 Å². The lowest BCUT2D eigenvalue weighted by Gasteiger charge is -2.28. The number of guanidine groups is 1. The van der Waals surface area contributed by atoms with Crippen LogP contribution < -0.4 is 15.5 Å². The van der Waals surface area contributed by atoms with Crippen molar-refractivity contribution in [3.8, 4) is 0 Å². The summed E-state index contributed by atoms with van der Waals surface area (Å²) in [5.41, 5.74) is 1.23. The van der Waals surface area contributed by atoms with Crippen LogP contribution in [0.3, 0.4) is 0 Å². The lowest BCUT2D eigenvalue weighted by molar-refractivity contribution is 0.501. The van der Waals surface area contributed by atoms with Gasteiger partial charge < -0.3 is 15.5 Å². The molecule has 1 aromatic rings. The molecule has 1 fully saturated rings. The minimum Gasteiger partial charge on any atom is -0.357 e. The SMILES string of the molecule is CN=C(NCc1ccnc(N2CCCCC2)c1)NC(C)(C)C.I. The average Bonchev–Trinajstić information content (AvgIpc) is 2.51. The van der Waals surface area contributed by atoms with Crippen molar-refractivity contribution < 1.29 is 0 Å². The van der Waals surface area contributed by atoms with Crippen LogP contribution in [0.25, 0.3) is 0 Å². The molecule has 1 saturated heterocycles. The Hall–Kier alpha value is -1.05. The molecule has 23 heavy (non-hydrogen) atoms. The first kappa shape index (κ1) is 20.0. The van der Waals surface area contributed by atoms with Crippen LogP contribution in [0.5, 0.6) is 0 Å². The van der Waals surface area contributed by atoms with Crippen molar-refractivity contribution in [3.63, 3.8) is 0 Å². The maximum atomic E-state index is 4.52. The van der Waals surface area contributed by atoms with Crippen LogP contribution in [0, 0.1) is 0 Å². The van der Waals surface area contributed by atoms with E-state index in [1.165, 1.54) is 24.8 Å². The topological polar surface area (TPSA) is 52.6 Å². The van der Waals surface area contributed by atoms with E-state index in [0.717, 1.165) is 31.4 Å². The van der Waals surface area contributed by atoms with E-state index < -0.39 is 0 Å². The summed E-state index contributed by atoms with van der Waals surface area (Å²) in [6.45, 7) is 9.37. The zero-order valence-electron chi connectivity index (χ0n) is 14.7. The molecule has 0 saturated carbocycles. The number of aliphatic imine (C=N–C) groups is 1. The fourth-order valence-corrected chi connectivity index (χ4v) is 2.59. The molecule has 5 nitrogen and oxygen atoms in total. The van der Waals surface area contributed by atoms with E-state index in [9.17, 15) is 0 Å². The maximum absolute atomic E-state index is 4.52. The van der Waals surface area contributed by atoms with Crippen molar-refractivity contribution in [3.05, 3.63) is 23.9 Å². The molecule has 6 heteroatoms. The van der Waals surface area contributed by atoms with Crippen LogP contribution in [-0.2, 0) is 6.54 Å². The summed E-state index contributed by atoms with van der Waals surface area (Å²) in [7, 11) is 1.80. The number of nitrogens with one attached hydrogen (secondary N) is 2. The van der Waals surface area contributed by atoms with Gasteiger partial charge in [-0.15, -0.1) is 24.0 Å². The molecule has 0 radical (unpaired) electrons. The summed E-state index contributed by atoms with van der Waals surface area (Å²) in [4.78, 5) is 11.2. The first-order valence-electron chi connectivity index (χ1n) is 8.17. The molecule has 0 atom stereocenters. The average molecular weight is 431 g/mol. The first-order chi connectivity index (χ1) is 10.5. The molecule has 1 aromatic heterocycles. The van der Waals surface area contributed by atoms with Gasteiger partial charge in [0.25, 0.3) is 0 Å². The number of aromatic nitrogens is 1. The number of hydrogen-bond donors (Lipinski definition) is 2. The van der Waals surface area contributed by atoms with E-state index in [2.05, 4.69) is 58.4 Å². The highest BCUT2D eigenvalue weighted by molar-refractivity contribution is 14.0. The van der Waals surface area contributed by atoms with Crippen molar-refractivity contribution in [2.75, 3.05) is 25.0 Å². The van der Waals surface area contributed by atoms with Gasteiger partial charge in [0.1, 0.15) is 5.82 Å². The Balaban J connectivity index is 0.00000264. The van der Waals surface area contributed by atoms with E-state index in [1.54, 1.807) is 7.05 Å². The molecule has 0 unspecified atom stereocenters. The fraction of sp³-hybridized carbons (Fsp3) is 0.647. The molecule has 1 aliphatic rings. The number of hydrogen-bond acceptors (Lipinski definition) is 3. The summed E-state index contributed by atoms with van der Waals surface area (Å²) in [6.07, 6.45) is 5.78. The van der Waals surface area contributed by atoms with Gasteiger partial charge in [-0.2, -0.15) is 0 Å². The van der Waals surface area contributed by atoms with Crippen molar-refractivity contribution in [2.45, 2.75) is 52.1 Å². The molecule has 2 heterocycles. The summed E-state index contributed by atoms with van der Waals surface area (Å²) in [6, 6.07) is 4.24. The summed E-state index contributed by atoms with van der Waals surface area (Å²) in [5, 5.41) is 6.73. The van der Waals surface area contributed by atoms with E-state index in [0.29, 0.717) is 0 Å². The van der Waals surface area contributed by atoms with E-state index in [1.807, 2.05) is 6.20 Å². The Bertz CT molecular complexity index is 504. The van der Waals surface area contributed by atoms with Gasteiger partial charge in [-0.3, -0.25) is 4.99 Å². The van der Waals surface area contributed by atoms with E-state index >= 15 is 0 Å². The largest absolute Gasteiger partial charge is 0.357 e. The number of pyridine rings is 1. The molecule has 1 aliphatic heterocycles. The Morgan fingerprint density at radius 3 is 2.57 bits per heavy atom. The van der Waals surface area contributed by atoms with Crippen LogP contribution in [0.15, 0.2) is 23.3 Å². The zero-order chi connectivity index (χ0) is 16.0. The van der Waals surface area contributed by atoms with Gasteiger partial charge in [-0.05, 0) is 57.7 Å². The smallest absolute Gasteiger partial charge is 0.191 e. The molecule has 130 valence electrons. The Morgan fingerprint density at radius 1 is 1.26 bits per heavy atom. The highest BCUT2D eigenvalue weighted by Gasteiger charge is 2.13. The molecule has 2 N–H and O–H groups in total. The Kier molecular flexibility index (Phi) is 8.08. The number of anilines is 1. The minimum absolute atomic E-state index is 0. The van der Waals surface area contributed by atoms with Gasteiger partial charge in [0.2, 0.25) is 0 Å². The molecule has 0 amide bonds. The molecule has 0 aromatic carbocycles. The molecule has 0 bridgehead atoms. The number of halogens is 1. The number of nitrogens with zero attached hydrogens (tertiary/aromatic N) is 3. The quantitative estimate of drug-likeness (QED) is 0.439. The number of piperidine rings is 1. The summed E-state index contributed by atoms with van der Waals surface area (Å²) >= 11 is 0. The van der Waals surface area contributed by atoms with Gasteiger partial charge in [0.05, 0.1) is 0 Å². The van der Waals surface area contributed by atoms with Crippen LogP contribution in [0.2, 0.25) is 0 Å². The van der Waals surface area contributed by atoms with E-state index in [-0.39, 0.29) is 29.5 Å².